The quantitative estimate of drug-likeness (QED) is 0.724. The van der Waals surface area contributed by atoms with E-state index in [-0.39, 0.29) is 42.5 Å². The molecule has 3 amide bonds. The van der Waals surface area contributed by atoms with Gasteiger partial charge in [-0.2, -0.15) is 0 Å². The van der Waals surface area contributed by atoms with Crippen molar-refractivity contribution < 1.29 is 14.4 Å². The molecule has 2 saturated heterocycles. The van der Waals surface area contributed by atoms with Crippen LogP contribution in [0.15, 0.2) is 24.3 Å². The second-order valence-electron chi connectivity index (χ2n) is 7.19. The van der Waals surface area contributed by atoms with Gasteiger partial charge >= 0.3 is 0 Å². The smallest absolute Gasteiger partial charge is 0.254 e. The van der Waals surface area contributed by atoms with Gasteiger partial charge in [0.1, 0.15) is 0 Å². The van der Waals surface area contributed by atoms with Gasteiger partial charge in [-0.15, -0.1) is 12.4 Å². The third-order valence-electron chi connectivity index (χ3n) is 5.22. The lowest BCUT2D eigenvalue weighted by atomic mass is 9.96. The maximum atomic E-state index is 13.0. The summed E-state index contributed by atoms with van der Waals surface area (Å²) in [5, 5.41) is 5.68. The molecule has 0 radical (unpaired) electrons. The van der Waals surface area contributed by atoms with Crippen LogP contribution in [-0.2, 0) is 16.0 Å². The molecule has 2 fully saturated rings. The molecule has 7 heteroatoms. The molecule has 2 heterocycles. The molecule has 2 aliphatic heterocycles. The minimum Gasteiger partial charge on any atom is -0.336 e. The Hall–Kier alpha value is -1.92. The number of halogens is 1. The topological polar surface area (TPSA) is 78.5 Å². The van der Waals surface area contributed by atoms with Crippen molar-refractivity contribution in [2.75, 3.05) is 19.6 Å². The number of carbonyl (C=O) groups is 3. The summed E-state index contributed by atoms with van der Waals surface area (Å²) >= 11 is 0. The molecule has 0 spiro atoms. The van der Waals surface area contributed by atoms with E-state index < -0.39 is 0 Å². The summed E-state index contributed by atoms with van der Waals surface area (Å²) in [5.74, 6) is -0.617. The van der Waals surface area contributed by atoms with Crippen molar-refractivity contribution in [1.29, 1.82) is 0 Å². The van der Waals surface area contributed by atoms with Gasteiger partial charge < -0.3 is 10.2 Å². The zero-order valence-electron chi connectivity index (χ0n) is 15.7. The lowest BCUT2D eigenvalue weighted by Crippen LogP contribution is -2.46. The summed E-state index contributed by atoms with van der Waals surface area (Å²) in [6, 6.07) is 7.79. The molecule has 1 aromatic rings. The van der Waals surface area contributed by atoms with Crippen LogP contribution in [0.5, 0.6) is 0 Å². The number of hydrogen-bond donors (Lipinski definition) is 2. The SMILES string of the molecule is CCCN(C(=O)c1ccc(CC2CC(=O)NC2=O)cc1)C1CCNCC1.Cl. The number of nitrogens with zero attached hydrogens (tertiary/aromatic N) is 1. The highest BCUT2D eigenvalue weighted by atomic mass is 35.5. The fourth-order valence-corrected chi connectivity index (χ4v) is 3.81. The third kappa shape index (κ3) is 5.30. The van der Waals surface area contributed by atoms with Crippen molar-refractivity contribution in [3.63, 3.8) is 0 Å². The highest BCUT2D eigenvalue weighted by Crippen LogP contribution is 2.20. The van der Waals surface area contributed by atoms with Crippen LogP contribution in [0.25, 0.3) is 0 Å². The van der Waals surface area contributed by atoms with Gasteiger partial charge in [0.25, 0.3) is 5.91 Å². The Labute approximate surface area is 166 Å². The molecule has 2 aliphatic rings. The number of nitrogens with one attached hydrogen (secondary N) is 2. The van der Waals surface area contributed by atoms with Gasteiger partial charge in [-0.05, 0) is 56.5 Å². The van der Waals surface area contributed by atoms with Crippen LogP contribution in [-0.4, -0.2) is 48.3 Å². The number of piperidine rings is 1. The second-order valence-corrected chi connectivity index (χ2v) is 7.19. The zero-order valence-corrected chi connectivity index (χ0v) is 16.5. The molecular weight excluding hydrogens is 366 g/mol. The molecule has 0 saturated carbocycles. The van der Waals surface area contributed by atoms with Gasteiger partial charge in [0.2, 0.25) is 11.8 Å². The van der Waals surface area contributed by atoms with E-state index in [1.165, 1.54) is 0 Å². The van der Waals surface area contributed by atoms with E-state index in [4.69, 9.17) is 0 Å². The Morgan fingerprint density at radius 1 is 1.15 bits per heavy atom. The summed E-state index contributed by atoms with van der Waals surface area (Å²) in [5.41, 5.74) is 1.66. The molecule has 3 rings (SSSR count). The van der Waals surface area contributed by atoms with Crippen LogP contribution in [0.1, 0.15) is 48.5 Å². The van der Waals surface area contributed by atoms with Crippen molar-refractivity contribution in [2.45, 2.75) is 45.1 Å². The number of imide groups is 1. The van der Waals surface area contributed by atoms with Gasteiger partial charge in [0.15, 0.2) is 0 Å². The Bertz CT molecular complexity index is 672. The maximum absolute atomic E-state index is 13.0. The van der Waals surface area contributed by atoms with Crippen LogP contribution in [0, 0.1) is 5.92 Å². The van der Waals surface area contributed by atoms with Crippen molar-refractivity contribution in [3.05, 3.63) is 35.4 Å². The molecule has 0 aliphatic carbocycles. The van der Waals surface area contributed by atoms with Crippen molar-refractivity contribution in [3.8, 4) is 0 Å². The third-order valence-corrected chi connectivity index (χ3v) is 5.22. The van der Waals surface area contributed by atoms with Crippen LogP contribution in [0.2, 0.25) is 0 Å². The molecule has 1 aromatic carbocycles. The van der Waals surface area contributed by atoms with Gasteiger partial charge in [0.05, 0.1) is 5.92 Å². The minimum absolute atomic E-state index is 0. The van der Waals surface area contributed by atoms with E-state index in [0.717, 1.165) is 44.5 Å². The Kier molecular flexibility index (Phi) is 7.80. The van der Waals surface area contributed by atoms with Gasteiger partial charge in [-0.3, -0.25) is 19.7 Å². The number of benzene rings is 1. The maximum Gasteiger partial charge on any atom is 0.254 e. The van der Waals surface area contributed by atoms with E-state index >= 15 is 0 Å². The first-order valence-corrected chi connectivity index (χ1v) is 9.52. The molecule has 0 bridgehead atoms. The van der Waals surface area contributed by atoms with Crippen molar-refractivity contribution in [1.82, 2.24) is 15.5 Å². The lowest BCUT2D eigenvalue weighted by molar-refractivity contribution is -0.125. The summed E-state index contributed by atoms with van der Waals surface area (Å²) in [7, 11) is 0. The standard InChI is InChI=1S/C20H27N3O3.ClH/c1-2-11-23(17-7-9-21-10-8-17)20(26)15-5-3-14(4-6-15)12-16-13-18(24)22-19(16)25;/h3-6,16-17,21H,2,7-13H2,1H3,(H,22,24,25);1H. The van der Waals surface area contributed by atoms with Crippen molar-refractivity contribution in [2.24, 2.45) is 5.92 Å². The highest BCUT2D eigenvalue weighted by molar-refractivity contribution is 6.03. The molecule has 2 N–H and O–H groups in total. The molecule has 0 aromatic heterocycles. The number of carbonyl (C=O) groups excluding carboxylic acids is 3. The van der Waals surface area contributed by atoms with Crippen LogP contribution >= 0.6 is 12.4 Å². The first-order chi connectivity index (χ1) is 12.6. The first kappa shape index (κ1) is 21.4. The Balaban J connectivity index is 0.00000261. The molecule has 1 atom stereocenters. The Morgan fingerprint density at radius 3 is 2.37 bits per heavy atom. The minimum atomic E-state index is -0.296. The van der Waals surface area contributed by atoms with Crippen molar-refractivity contribution >= 4 is 30.1 Å². The fourth-order valence-electron chi connectivity index (χ4n) is 3.81. The summed E-state index contributed by atoms with van der Waals surface area (Å²) in [6.45, 7) is 4.78. The van der Waals surface area contributed by atoms with Gasteiger partial charge in [-0.1, -0.05) is 19.1 Å². The van der Waals surface area contributed by atoms with Gasteiger partial charge in [0, 0.05) is 24.6 Å². The van der Waals surface area contributed by atoms with Gasteiger partial charge in [-0.25, -0.2) is 0 Å². The largest absolute Gasteiger partial charge is 0.336 e. The summed E-state index contributed by atoms with van der Waals surface area (Å²) in [6.07, 6.45) is 3.71. The molecule has 1 unspecified atom stereocenters. The average molecular weight is 394 g/mol. The average Bonchev–Trinajstić information content (AvgIpc) is 2.97. The van der Waals surface area contributed by atoms with E-state index in [1.807, 2.05) is 29.2 Å². The predicted octanol–water partition coefficient (Wildman–Crippen LogP) is 1.92. The Morgan fingerprint density at radius 2 is 1.81 bits per heavy atom. The van der Waals surface area contributed by atoms with Crippen LogP contribution in [0.4, 0.5) is 0 Å². The zero-order chi connectivity index (χ0) is 18.5. The second kappa shape index (κ2) is 9.85. The molecule has 27 heavy (non-hydrogen) atoms. The monoisotopic (exact) mass is 393 g/mol. The highest BCUT2D eigenvalue weighted by Gasteiger charge is 2.30. The van der Waals surface area contributed by atoms with E-state index in [2.05, 4.69) is 17.6 Å². The summed E-state index contributed by atoms with van der Waals surface area (Å²) < 4.78 is 0. The molecule has 148 valence electrons. The number of rotatable bonds is 6. The first-order valence-electron chi connectivity index (χ1n) is 9.52. The van der Waals surface area contributed by atoms with Crippen LogP contribution in [0.3, 0.4) is 0 Å². The molecular formula is C20H28ClN3O3. The van der Waals surface area contributed by atoms with E-state index in [1.54, 1.807) is 0 Å². The fraction of sp³-hybridized carbons (Fsp3) is 0.550. The van der Waals surface area contributed by atoms with Crippen LogP contribution < -0.4 is 10.6 Å². The number of hydrogen-bond acceptors (Lipinski definition) is 4. The van der Waals surface area contributed by atoms with E-state index in [9.17, 15) is 14.4 Å². The predicted molar refractivity (Wildman–Crippen MR) is 106 cm³/mol. The molecule has 6 nitrogen and oxygen atoms in total. The number of amides is 3. The normalized spacial score (nSPS) is 20.1. The summed E-state index contributed by atoms with van der Waals surface area (Å²) in [4.78, 5) is 38.0. The van der Waals surface area contributed by atoms with E-state index in [0.29, 0.717) is 18.0 Å². The lowest BCUT2D eigenvalue weighted by Gasteiger charge is -2.34.